The summed E-state index contributed by atoms with van der Waals surface area (Å²) < 4.78 is 47.3. The van der Waals surface area contributed by atoms with E-state index in [1.165, 1.54) is 24.3 Å². The molecule has 1 aromatic carbocycles. The molecule has 0 aromatic heterocycles. The lowest BCUT2D eigenvalue weighted by molar-refractivity contribution is 0.584. The van der Waals surface area contributed by atoms with E-state index < -0.39 is 37.2 Å². The van der Waals surface area contributed by atoms with E-state index >= 15 is 0 Å². The molecule has 1 rings (SSSR count). The van der Waals surface area contributed by atoms with Gasteiger partial charge in [0.15, 0.2) is 19.7 Å². The highest BCUT2D eigenvalue weighted by Gasteiger charge is 2.21. The van der Waals surface area contributed by atoms with Gasteiger partial charge in [-0.25, -0.2) is 16.8 Å². The fourth-order valence-electron chi connectivity index (χ4n) is 1.60. The number of sulfone groups is 2. The van der Waals surface area contributed by atoms with Gasteiger partial charge in [-0.2, -0.15) is 5.26 Å². The molecule has 0 aliphatic carbocycles. The minimum Gasteiger partial charge on any atom is -0.327 e. The quantitative estimate of drug-likeness (QED) is 0.795. The van der Waals surface area contributed by atoms with Crippen molar-refractivity contribution in [2.24, 2.45) is 5.73 Å². The highest BCUT2D eigenvalue weighted by molar-refractivity contribution is 7.95. The first-order valence-electron chi connectivity index (χ1n) is 5.85. The summed E-state index contributed by atoms with van der Waals surface area (Å²) in [5.41, 5.74) is 5.61. The number of nitrogens with two attached hydrogens (primary N) is 1. The Morgan fingerprint density at radius 2 is 1.90 bits per heavy atom. The molecule has 0 fully saturated rings. The zero-order valence-electron chi connectivity index (χ0n) is 11.0. The average molecular weight is 316 g/mol. The number of hydrogen-bond acceptors (Lipinski definition) is 6. The Balaban J connectivity index is 2.89. The van der Waals surface area contributed by atoms with E-state index in [0.29, 0.717) is 0 Å². The van der Waals surface area contributed by atoms with Crippen LogP contribution in [0.15, 0.2) is 29.2 Å². The monoisotopic (exact) mass is 316 g/mol. The van der Waals surface area contributed by atoms with Crippen molar-refractivity contribution in [1.29, 1.82) is 5.26 Å². The van der Waals surface area contributed by atoms with Crippen LogP contribution in [0.4, 0.5) is 0 Å². The Morgan fingerprint density at radius 1 is 1.25 bits per heavy atom. The number of nitrogens with zero attached hydrogens (tertiary/aromatic N) is 1. The third-order valence-electron chi connectivity index (χ3n) is 2.50. The second-order valence-corrected chi connectivity index (χ2v) is 8.89. The molecule has 2 N–H and O–H groups in total. The standard InChI is InChI=1S/C12H16N2O4S2/c1-10(14)9-19(15,16)5-6-20(17,18)12-4-2-3-11(7-12)8-13/h2-4,7,10H,5-6,9,14H2,1H3. The molecule has 20 heavy (non-hydrogen) atoms. The smallest absolute Gasteiger partial charge is 0.179 e. The van der Waals surface area contributed by atoms with Crippen LogP contribution in [0.3, 0.4) is 0 Å². The predicted octanol–water partition coefficient (Wildman–Crippen LogP) is 0.0940. The van der Waals surface area contributed by atoms with Gasteiger partial charge in [0.25, 0.3) is 0 Å². The molecule has 6 nitrogen and oxygen atoms in total. The van der Waals surface area contributed by atoms with Crippen molar-refractivity contribution in [2.75, 3.05) is 17.3 Å². The van der Waals surface area contributed by atoms with Gasteiger partial charge in [0.05, 0.1) is 33.8 Å². The Morgan fingerprint density at radius 3 is 2.45 bits per heavy atom. The van der Waals surface area contributed by atoms with Crippen LogP contribution in [0.2, 0.25) is 0 Å². The van der Waals surface area contributed by atoms with Gasteiger partial charge in [-0.1, -0.05) is 6.07 Å². The van der Waals surface area contributed by atoms with Crippen LogP contribution in [0.25, 0.3) is 0 Å². The average Bonchev–Trinajstić information content (AvgIpc) is 2.35. The molecule has 0 saturated heterocycles. The van der Waals surface area contributed by atoms with Crippen LogP contribution in [0, 0.1) is 11.3 Å². The minimum atomic E-state index is -3.73. The summed E-state index contributed by atoms with van der Waals surface area (Å²) in [7, 11) is -7.24. The van der Waals surface area contributed by atoms with Crippen molar-refractivity contribution in [2.45, 2.75) is 17.9 Å². The third kappa shape index (κ3) is 4.92. The van der Waals surface area contributed by atoms with Gasteiger partial charge in [-0.3, -0.25) is 0 Å². The highest BCUT2D eigenvalue weighted by Crippen LogP contribution is 2.13. The lowest BCUT2D eigenvalue weighted by Crippen LogP contribution is -2.29. The van der Waals surface area contributed by atoms with Gasteiger partial charge < -0.3 is 5.73 Å². The van der Waals surface area contributed by atoms with Crippen molar-refractivity contribution in [3.05, 3.63) is 29.8 Å². The van der Waals surface area contributed by atoms with E-state index in [1.807, 2.05) is 6.07 Å². The van der Waals surface area contributed by atoms with Gasteiger partial charge in [0, 0.05) is 6.04 Å². The van der Waals surface area contributed by atoms with Crippen LogP contribution < -0.4 is 5.73 Å². The number of hydrogen-bond donors (Lipinski definition) is 1. The van der Waals surface area contributed by atoms with Crippen LogP contribution in [0.5, 0.6) is 0 Å². The Kier molecular flexibility index (Phi) is 5.28. The molecule has 0 amide bonds. The van der Waals surface area contributed by atoms with Crippen molar-refractivity contribution < 1.29 is 16.8 Å². The molecular weight excluding hydrogens is 300 g/mol. The molecule has 8 heteroatoms. The Labute approximate surface area is 119 Å². The number of rotatable bonds is 6. The second-order valence-electron chi connectivity index (χ2n) is 4.55. The SMILES string of the molecule is CC(N)CS(=O)(=O)CCS(=O)(=O)c1cccc(C#N)c1. The molecule has 0 aliphatic heterocycles. The van der Waals surface area contributed by atoms with E-state index in [1.54, 1.807) is 6.92 Å². The normalized spacial score (nSPS) is 13.7. The number of nitriles is 1. The van der Waals surface area contributed by atoms with E-state index in [2.05, 4.69) is 0 Å². The maximum absolute atomic E-state index is 12.0. The van der Waals surface area contributed by atoms with Crippen LogP contribution >= 0.6 is 0 Å². The molecule has 1 aromatic rings. The molecule has 0 aliphatic rings. The minimum absolute atomic E-state index is 0.0486. The van der Waals surface area contributed by atoms with Gasteiger partial charge in [0.1, 0.15) is 0 Å². The van der Waals surface area contributed by atoms with Gasteiger partial charge in [0.2, 0.25) is 0 Å². The third-order valence-corrected chi connectivity index (χ3v) is 6.33. The zero-order chi connectivity index (χ0) is 15.4. The highest BCUT2D eigenvalue weighted by atomic mass is 32.2. The fraction of sp³-hybridized carbons (Fsp3) is 0.417. The molecule has 0 spiro atoms. The maximum Gasteiger partial charge on any atom is 0.179 e. The Hall–Kier alpha value is -1.43. The number of benzene rings is 1. The Bertz CT molecular complexity index is 716. The summed E-state index contributed by atoms with van der Waals surface area (Å²) in [6.07, 6.45) is 0. The van der Waals surface area contributed by atoms with Crippen molar-refractivity contribution in [3.63, 3.8) is 0 Å². The largest absolute Gasteiger partial charge is 0.327 e. The van der Waals surface area contributed by atoms with Gasteiger partial charge in [-0.15, -0.1) is 0 Å². The molecule has 0 saturated carbocycles. The summed E-state index contributed by atoms with van der Waals surface area (Å²) in [4.78, 5) is -0.0486. The van der Waals surface area contributed by atoms with Crippen molar-refractivity contribution in [1.82, 2.24) is 0 Å². The topological polar surface area (TPSA) is 118 Å². The molecular formula is C12H16N2O4S2. The van der Waals surface area contributed by atoms with E-state index in [0.717, 1.165) is 0 Å². The first-order chi connectivity index (χ1) is 9.16. The summed E-state index contributed by atoms with van der Waals surface area (Å²) in [5, 5.41) is 8.73. The molecule has 0 radical (unpaired) electrons. The second kappa shape index (κ2) is 6.35. The van der Waals surface area contributed by atoms with E-state index in [9.17, 15) is 16.8 Å². The molecule has 0 bridgehead atoms. The zero-order valence-corrected chi connectivity index (χ0v) is 12.6. The first kappa shape index (κ1) is 16.6. The van der Waals surface area contributed by atoms with Crippen molar-refractivity contribution >= 4 is 19.7 Å². The fourth-order valence-corrected chi connectivity index (χ4v) is 5.29. The van der Waals surface area contributed by atoms with Crippen LogP contribution in [0.1, 0.15) is 12.5 Å². The molecule has 1 atom stereocenters. The summed E-state index contributed by atoms with van der Waals surface area (Å²) in [6.45, 7) is 1.54. The molecule has 0 heterocycles. The molecule has 110 valence electrons. The van der Waals surface area contributed by atoms with Gasteiger partial charge >= 0.3 is 0 Å². The lowest BCUT2D eigenvalue weighted by Gasteiger charge is -2.08. The predicted molar refractivity (Wildman–Crippen MR) is 75.5 cm³/mol. The summed E-state index contributed by atoms with van der Waals surface area (Å²) >= 11 is 0. The summed E-state index contributed by atoms with van der Waals surface area (Å²) in [5.74, 6) is -1.24. The van der Waals surface area contributed by atoms with Crippen LogP contribution in [-0.2, 0) is 19.7 Å². The maximum atomic E-state index is 12.0. The molecule has 1 unspecified atom stereocenters. The first-order valence-corrected chi connectivity index (χ1v) is 9.32. The van der Waals surface area contributed by atoms with E-state index in [-0.39, 0.29) is 16.2 Å². The van der Waals surface area contributed by atoms with Gasteiger partial charge in [-0.05, 0) is 25.1 Å². The lowest BCUT2D eigenvalue weighted by atomic mass is 10.2. The van der Waals surface area contributed by atoms with E-state index in [4.69, 9.17) is 11.0 Å². The summed E-state index contributed by atoms with van der Waals surface area (Å²) in [6, 6.07) is 6.80. The van der Waals surface area contributed by atoms with Crippen molar-refractivity contribution in [3.8, 4) is 6.07 Å². The van der Waals surface area contributed by atoms with Crippen LogP contribution in [-0.4, -0.2) is 40.1 Å².